The summed E-state index contributed by atoms with van der Waals surface area (Å²) in [4.78, 5) is 12.4. The van der Waals surface area contributed by atoms with E-state index in [1.165, 1.54) is 12.8 Å². The first-order valence-corrected chi connectivity index (χ1v) is 9.84. The summed E-state index contributed by atoms with van der Waals surface area (Å²) < 4.78 is 6.73. The highest BCUT2D eigenvalue weighted by Gasteiger charge is 2.12. The average molecular weight is 427 g/mol. The number of nitrogens with zero attached hydrogens (tertiary/aromatic N) is 1. The predicted molar refractivity (Wildman–Crippen MR) is 112 cm³/mol. The van der Waals surface area contributed by atoms with E-state index in [-0.39, 0.29) is 5.57 Å². The van der Waals surface area contributed by atoms with Gasteiger partial charge >= 0.3 is 0 Å². The molecule has 1 N–H and O–H groups in total. The first kappa shape index (κ1) is 20.7. The number of nitriles is 1. The lowest BCUT2D eigenvalue weighted by atomic mass is 10.1. The number of hydrogen-bond acceptors (Lipinski definition) is 3. The van der Waals surface area contributed by atoms with E-state index in [0.717, 1.165) is 17.3 Å². The quantitative estimate of drug-likeness (QED) is 0.305. The van der Waals surface area contributed by atoms with Crippen molar-refractivity contribution in [1.29, 1.82) is 5.26 Å². The number of unbranched alkanes of at least 4 members (excludes halogenated alkanes) is 3. The van der Waals surface area contributed by atoms with Crippen LogP contribution in [0.25, 0.3) is 6.08 Å². The Hall–Kier alpha value is -2.58. The topological polar surface area (TPSA) is 62.1 Å². The maximum absolute atomic E-state index is 12.4. The van der Waals surface area contributed by atoms with Gasteiger partial charge < -0.3 is 10.1 Å². The fraction of sp³-hybridized carbons (Fsp3) is 0.273. The van der Waals surface area contributed by atoms with E-state index in [1.54, 1.807) is 18.2 Å². The summed E-state index contributed by atoms with van der Waals surface area (Å²) in [5, 5.41) is 12.2. The van der Waals surface area contributed by atoms with E-state index < -0.39 is 5.91 Å². The number of carbonyl (C=O) groups excluding carboxylic acids is 1. The first-order valence-electron chi connectivity index (χ1n) is 9.04. The molecule has 0 radical (unpaired) electrons. The molecule has 0 aliphatic rings. The van der Waals surface area contributed by atoms with Crippen LogP contribution in [0, 0.1) is 11.3 Å². The van der Waals surface area contributed by atoms with E-state index >= 15 is 0 Å². The Morgan fingerprint density at radius 2 is 1.96 bits per heavy atom. The number of rotatable bonds is 9. The van der Waals surface area contributed by atoms with Crippen LogP contribution in [-0.4, -0.2) is 12.5 Å². The molecule has 0 saturated heterocycles. The molecule has 0 unspecified atom stereocenters. The molecule has 0 fully saturated rings. The third kappa shape index (κ3) is 6.92. The molecule has 0 aliphatic carbocycles. The Morgan fingerprint density at radius 3 is 2.67 bits per heavy atom. The monoisotopic (exact) mass is 426 g/mol. The second-order valence-corrected chi connectivity index (χ2v) is 7.00. The zero-order valence-corrected chi connectivity index (χ0v) is 17.0. The van der Waals surface area contributed by atoms with Gasteiger partial charge in [0.05, 0.1) is 6.61 Å². The van der Waals surface area contributed by atoms with Gasteiger partial charge in [0, 0.05) is 15.7 Å². The maximum atomic E-state index is 12.4. The number of hydrogen-bond donors (Lipinski definition) is 1. The lowest BCUT2D eigenvalue weighted by Crippen LogP contribution is -2.13. The molecule has 140 valence electrons. The highest BCUT2D eigenvalue weighted by atomic mass is 79.9. The van der Waals surface area contributed by atoms with Crippen LogP contribution in [0.5, 0.6) is 5.75 Å². The summed E-state index contributed by atoms with van der Waals surface area (Å²) in [5.74, 6) is 0.215. The largest absolute Gasteiger partial charge is 0.493 e. The molecule has 27 heavy (non-hydrogen) atoms. The van der Waals surface area contributed by atoms with E-state index in [9.17, 15) is 10.1 Å². The van der Waals surface area contributed by atoms with Gasteiger partial charge in [-0.25, -0.2) is 0 Å². The van der Waals surface area contributed by atoms with Crippen LogP contribution in [0.15, 0.2) is 58.6 Å². The number of carbonyl (C=O) groups is 1. The van der Waals surface area contributed by atoms with Crippen molar-refractivity contribution in [3.05, 3.63) is 64.1 Å². The Balaban J connectivity index is 2.15. The van der Waals surface area contributed by atoms with E-state index in [0.29, 0.717) is 23.6 Å². The van der Waals surface area contributed by atoms with Gasteiger partial charge in [0.1, 0.15) is 17.4 Å². The minimum atomic E-state index is -0.447. The van der Waals surface area contributed by atoms with Crippen molar-refractivity contribution in [2.75, 3.05) is 11.9 Å². The molecule has 0 bridgehead atoms. The smallest absolute Gasteiger partial charge is 0.266 e. The first-order chi connectivity index (χ1) is 13.1. The summed E-state index contributed by atoms with van der Waals surface area (Å²) in [6.07, 6.45) is 6.03. The number of amides is 1. The SMILES string of the molecule is CCCCCCOc1ccc(Br)cc1/C=C(\C#N)C(=O)Nc1ccccc1. The fourth-order valence-corrected chi connectivity index (χ4v) is 2.88. The van der Waals surface area contributed by atoms with Gasteiger partial charge in [-0.05, 0) is 42.8 Å². The third-order valence-electron chi connectivity index (χ3n) is 3.92. The second kappa shape index (κ2) is 11.2. The highest BCUT2D eigenvalue weighted by molar-refractivity contribution is 9.10. The Bertz CT molecular complexity index is 826. The molecule has 0 aliphatic heterocycles. The van der Waals surface area contributed by atoms with E-state index in [2.05, 4.69) is 28.2 Å². The molecule has 5 heteroatoms. The standard InChI is InChI=1S/C22H23BrN2O2/c1-2-3-4-8-13-27-21-12-11-19(23)15-17(21)14-18(16-24)22(26)25-20-9-6-5-7-10-20/h5-7,9-12,14-15H,2-4,8,13H2,1H3,(H,25,26)/b18-14+. The Morgan fingerprint density at radius 1 is 1.19 bits per heavy atom. The van der Waals surface area contributed by atoms with Crippen LogP contribution in [0.2, 0.25) is 0 Å². The van der Waals surface area contributed by atoms with Crippen LogP contribution < -0.4 is 10.1 Å². The zero-order valence-electron chi connectivity index (χ0n) is 15.4. The number of anilines is 1. The van der Waals surface area contributed by atoms with Gasteiger partial charge in [0.2, 0.25) is 0 Å². The van der Waals surface area contributed by atoms with Gasteiger partial charge in [-0.15, -0.1) is 0 Å². The molecule has 0 saturated carbocycles. The third-order valence-corrected chi connectivity index (χ3v) is 4.42. The number of ether oxygens (including phenoxy) is 1. The van der Waals surface area contributed by atoms with Crippen LogP contribution in [0.1, 0.15) is 38.2 Å². The highest BCUT2D eigenvalue weighted by Crippen LogP contribution is 2.26. The molecular weight excluding hydrogens is 404 g/mol. The van der Waals surface area contributed by atoms with Gasteiger partial charge in [0.15, 0.2) is 0 Å². The summed E-state index contributed by atoms with van der Waals surface area (Å²) in [7, 11) is 0. The van der Waals surface area contributed by atoms with E-state index in [4.69, 9.17) is 4.74 Å². The Kier molecular flexibility index (Phi) is 8.60. The van der Waals surface area contributed by atoms with Gasteiger partial charge in [-0.1, -0.05) is 60.3 Å². The van der Waals surface area contributed by atoms with Gasteiger partial charge in [0.25, 0.3) is 5.91 Å². The summed E-state index contributed by atoms with van der Waals surface area (Å²) in [5.41, 5.74) is 1.36. The fourth-order valence-electron chi connectivity index (χ4n) is 2.50. The second-order valence-electron chi connectivity index (χ2n) is 6.08. The predicted octanol–water partition coefficient (Wildman–Crippen LogP) is 5.95. The molecule has 0 heterocycles. The van der Waals surface area contributed by atoms with Crippen molar-refractivity contribution in [2.24, 2.45) is 0 Å². The minimum Gasteiger partial charge on any atom is -0.493 e. The van der Waals surface area contributed by atoms with Crippen LogP contribution in [0.4, 0.5) is 5.69 Å². The zero-order chi connectivity index (χ0) is 19.5. The normalized spacial score (nSPS) is 10.9. The van der Waals surface area contributed by atoms with Crippen molar-refractivity contribution in [3.63, 3.8) is 0 Å². The van der Waals surface area contributed by atoms with Gasteiger partial charge in [-0.3, -0.25) is 4.79 Å². The van der Waals surface area contributed by atoms with Gasteiger partial charge in [-0.2, -0.15) is 5.26 Å². The molecule has 2 rings (SSSR count). The Labute approximate surface area is 169 Å². The summed E-state index contributed by atoms with van der Waals surface area (Å²) >= 11 is 3.43. The van der Waals surface area contributed by atoms with Crippen molar-refractivity contribution in [3.8, 4) is 11.8 Å². The molecular formula is C22H23BrN2O2. The minimum absolute atomic E-state index is 0.0211. The number of benzene rings is 2. The molecule has 0 atom stereocenters. The van der Waals surface area contributed by atoms with Crippen LogP contribution >= 0.6 is 15.9 Å². The summed E-state index contributed by atoms with van der Waals surface area (Å²) in [6, 6.07) is 16.6. The average Bonchev–Trinajstić information content (AvgIpc) is 2.68. The molecule has 0 spiro atoms. The lowest BCUT2D eigenvalue weighted by Gasteiger charge is -2.10. The van der Waals surface area contributed by atoms with Crippen molar-refractivity contribution < 1.29 is 9.53 Å². The van der Waals surface area contributed by atoms with Crippen LogP contribution in [-0.2, 0) is 4.79 Å². The molecule has 2 aromatic rings. The molecule has 4 nitrogen and oxygen atoms in total. The molecule has 2 aromatic carbocycles. The van der Waals surface area contributed by atoms with Crippen molar-refractivity contribution in [2.45, 2.75) is 32.6 Å². The molecule has 0 aromatic heterocycles. The van der Waals surface area contributed by atoms with E-state index in [1.807, 2.05) is 42.5 Å². The lowest BCUT2D eigenvalue weighted by molar-refractivity contribution is -0.112. The molecule has 1 amide bonds. The number of nitrogens with one attached hydrogen (secondary N) is 1. The number of para-hydroxylation sites is 1. The van der Waals surface area contributed by atoms with Crippen molar-refractivity contribution >= 4 is 33.6 Å². The number of halogens is 1. The van der Waals surface area contributed by atoms with Crippen molar-refractivity contribution in [1.82, 2.24) is 0 Å². The summed E-state index contributed by atoms with van der Waals surface area (Å²) in [6.45, 7) is 2.78. The van der Waals surface area contributed by atoms with Crippen LogP contribution in [0.3, 0.4) is 0 Å². The maximum Gasteiger partial charge on any atom is 0.266 e.